The summed E-state index contributed by atoms with van der Waals surface area (Å²) in [6.07, 6.45) is 0.386. The summed E-state index contributed by atoms with van der Waals surface area (Å²) in [5, 5.41) is 3.61. The maximum absolute atomic E-state index is 13.8. The van der Waals surface area contributed by atoms with Crippen LogP contribution < -0.4 is 10.1 Å². The average molecular weight is 521 g/mol. The van der Waals surface area contributed by atoms with Crippen molar-refractivity contribution in [3.63, 3.8) is 0 Å². The Kier molecular flexibility index (Phi) is 9.76. The van der Waals surface area contributed by atoms with E-state index in [0.29, 0.717) is 17.2 Å². The highest BCUT2D eigenvalue weighted by Gasteiger charge is 2.31. The van der Waals surface area contributed by atoms with E-state index >= 15 is 0 Å². The molecule has 0 heterocycles. The quantitative estimate of drug-likeness (QED) is 0.347. The summed E-state index contributed by atoms with van der Waals surface area (Å²) in [5.41, 5.74) is 2.73. The van der Waals surface area contributed by atoms with Gasteiger partial charge in [0.15, 0.2) is 6.61 Å². The van der Waals surface area contributed by atoms with Crippen LogP contribution in [0.15, 0.2) is 78.9 Å². The van der Waals surface area contributed by atoms with Crippen molar-refractivity contribution in [3.05, 3.63) is 101 Å². The number of ether oxygens (including phenoxy) is 1. The third-order valence-corrected chi connectivity index (χ3v) is 6.27. The molecule has 2 amide bonds. The minimum Gasteiger partial charge on any atom is -0.483 e. The Morgan fingerprint density at radius 3 is 2.14 bits per heavy atom. The molecule has 0 saturated carbocycles. The molecular weight excluding hydrogens is 484 g/mol. The Morgan fingerprint density at radius 1 is 0.892 bits per heavy atom. The molecule has 0 fully saturated rings. The molecule has 3 aromatic rings. The maximum Gasteiger partial charge on any atom is 0.261 e. The van der Waals surface area contributed by atoms with E-state index in [-0.39, 0.29) is 36.4 Å². The fourth-order valence-electron chi connectivity index (χ4n) is 4.16. The molecule has 0 aliphatic heterocycles. The molecule has 0 radical (unpaired) electrons. The fraction of sp³-hybridized carbons (Fsp3) is 0.355. The van der Waals surface area contributed by atoms with E-state index in [1.54, 1.807) is 17.0 Å². The van der Waals surface area contributed by atoms with Crippen molar-refractivity contribution in [1.29, 1.82) is 0 Å². The highest BCUT2D eigenvalue weighted by molar-refractivity contribution is 6.30. The van der Waals surface area contributed by atoms with Crippen LogP contribution in [0.25, 0.3) is 0 Å². The first-order valence-electron chi connectivity index (χ1n) is 12.6. The number of hydrogen-bond donors (Lipinski definition) is 1. The van der Waals surface area contributed by atoms with Crippen molar-refractivity contribution < 1.29 is 14.3 Å². The van der Waals surface area contributed by atoms with Crippen LogP contribution in [0, 0.1) is 0 Å². The van der Waals surface area contributed by atoms with Crippen LogP contribution in [0.1, 0.15) is 51.3 Å². The summed E-state index contributed by atoms with van der Waals surface area (Å²) in [6.45, 7) is 10.2. The topological polar surface area (TPSA) is 58.6 Å². The van der Waals surface area contributed by atoms with Gasteiger partial charge in [-0.15, -0.1) is 0 Å². The lowest BCUT2D eigenvalue weighted by Crippen LogP contribution is -2.52. The van der Waals surface area contributed by atoms with E-state index in [0.717, 1.165) is 16.7 Å². The second kappa shape index (κ2) is 12.8. The third kappa shape index (κ3) is 8.36. The van der Waals surface area contributed by atoms with Crippen molar-refractivity contribution in [2.75, 3.05) is 6.61 Å². The zero-order valence-corrected chi connectivity index (χ0v) is 23.1. The van der Waals surface area contributed by atoms with Gasteiger partial charge < -0.3 is 15.0 Å². The molecular formula is C31H37ClN2O3. The standard InChI is InChI=1S/C31H37ClN2O3/c1-22(2)33-30(36)27(19-23-11-7-6-8-12-23)34(20-24-15-17-25(32)18-16-24)29(35)21-37-28-14-10-9-13-26(28)31(3,4)5/h6-18,22,27H,19-21H2,1-5H3,(H,33,36)/t27-/m1/s1. The zero-order chi connectivity index (χ0) is 27.0. The van der Waals surface area contributed by atoms with Crippen LogP contribution >= 0.6 is 11.6 Å². The van der Waals surface area contributed by atoms with Crippen LogP contribution in [0.3, 0.4) is 0 Å². The Balaban J connectivity index is 1.93. The Bertz CT molecular complexity index is 1170. The first-order chi connectivity index (χ1) is 17.5. The van der Waals surface area contributed by atoms with E-state index < -0.39 is 6.04 Å². The smallest absolute Gasteiger partial charge is 0.261 e. The van der Waals surface area contributed by atoms with Gasteiger partial charge in [0, 0.05) is 24.0 Å². The van der Waals surface area contributed by atoms with Crippen LogP contribution in [0.2, 0.25) is 5.02 Å². The van der Waals surface area contributed by atoms with Crippen molar-refractivity contribution in [3.8, 4) is 5.75 Å². The highest BCUT2D eigenvalue weighted by Crippen LogP contribution is 2.31. The first-order valence-corrected chi connectivity index (χ1v) is 13.0. The van der Waals surface area contributed by atoms with Crippen LogP contribution in [0.4, 0.5) is 0 Å². The SMILES string of the molecule is CC(C)NC(=O)[C@@H](Cc1ccccc1)N(Cc1ccc(Cl)cc1)C(=O)COc1ccccc1C(C)(C)C. The van der Waals surface area contributed by atoms with Gasteiger partial charge in [0.25, 0.3) is 5.91 Å². The van der Waals surface area contributed by atoms with Crippen LogP contribution in [0.5, 0.6) is 5.75 Å². The van der Waals surface area contributed by atoms with Gasteiger partial charge in [-0.25, -0.2) is 0 Å². The van der Waals surface area contributed by atoms with E-state index in [4.69, 9.17) is 16.3 Å². The monoisotopic (exact) mass is 520 g/mol. The van der Waals surface area contributed by atoms with Crippen molar-refractivity contribution in [2.24, 2.45) is 0 Å². The van der Waals surface area contributed by atoms with E-state index in [1.807, 2.05) is 80.6 Å². The maximum atomic E-state index is 13.8. The second-order valence-corrected chi connectivity index (χ2v) is 11.0. The summed E-state index contributed by atoms with van der Waals surface area (Å²) in [5.74, 6) is 0.204. The second-order valence-electron chi connectivity index (χ2n) is 10.6. The highest BCUT2D eigenvalue weighted by atomic mass is 35.5. The summed E-state index contributed by atoms with van der Waals surface area (Å²) in [4.78, 5) is 28.8. The van der Waals surface area contributed by atoms with Gasteiger partial charge in [0.2, 0.25) is 5.91 Å². The van der Waals surface area contributed by atoms with Gasteiger partial charge in [0.1, 0.15) is 11.8 Å². The normalized spacial score (nSPS) is 12.2. The number of para-hydroxylation sites is 1. The molecule has 37 heavy (non-hydrogen) atoms. The Morgan fingerprint density at radius 2 is 1.51 bits per heavy atom. The number of benzene rings is 3. The summed E-state index contributed by atoms with van der Waals surface area (Å²) in [6, 6.07) is 24.0. The summed E-state index contributed by atoms with van der Waals surface area (Å²) in [7, 11) is 0. The molecule has 0 saturated heterocycles. The van der Waals surface area contributed by atoms with Gasteiger partial charge in [0.05, 0.1) is 0 Å². The predicted molar refractivity (Wildman–Crippen MR) is 150 cm³/mol. The van der Waals surface area contributed by atoms with Gasteiger partial charge in [-0.05, 0) is 54.2 Å². The van der Waals surface area contributed by atoms with Crippen molar-refractivity contribution in [1.82, 2.24) is 10.2 Å². The van der Waals surface area contributed by atoms with Gasteiger partial charge in [-0.1, -0.05) is 93.0 Å². The fourth-order valence-corrected chi connectivity index (χ4v) is 4.28. The van der Waals surface area contributed by atoms with E-state index in [1.165, 1.54) is 0 Å². The lowest BCUT2D eigenvalue weighted by molar-refractivity contribution is -0.143. The number of nitrogens with zero attached hydrogens (tertiary/aromatic N) is 1. The summed E-state index contributed by atoms with van der Waals surface area (Å²) < 4.78 is 6.08. The number of halogens is 1. The molecule has 5 nitrogen and oxygen atoms in total. The lowest BCUT2D eigenvalue weighted by atomic mass is 9.86. The molecule has 3 rings (SSSR count). The minimum absolute atomic E-state index is 0.0619. The van der Waals surface area contributed by atoms with Crippen LogP contribution in [-0.4, -0.2) is 35.4 Å². The molecule has 0 spiro atoms. The largest absolute Gasteiger partial charge is 0.483 e. The van der Waals surface area contributed by atoms with E-state index in [9.17, 15) is 9.59 Å². The first kappa shape index (κ1) is 28.3. The predicted octanol–water partition coefficient (Wildman–Crippen LogP) is 6.18. The molecule has 0 unspecified atom stereocenters. The van der Waals surface area contributed by atoms with E-state index in [2.05, 4.69) is 26.1 Å². The molecule has 6 heteroatoms. The van der Waals surface area contributed by atoms with Crippen molar-refractivity contribution >= 4 is 23.4 Å². The average Bonchev–Trinajstić information content (AvgIpc) is 2.85. The molecule has 0 aliphatic carbocycles. The lowest BCUT2D eigenvalue weighted by Gasteiger charge is -2.32. The summed E-state index contributed by atoms with van der Waals surface area (Å²) >= 11 is 6.09. The zero-order valence-electron chi connectivity index (χ0n) is 22.3. The molecule has 196 valence electrons. The van der Waals surface area contributed by atoms with Gasteiger partial charge in [-0.3, -0.25) is 9.59 Å². The molecule has 0 aliphatic rings. The van der Waals surface area contributed by atoms with Gasteiger partial charge in [-0.2, -0.15) is 0 Å². The molecule has 0 aromatic heterocycles. The molecule has 1 atom stereocenters. The molecule has 1 N–H and O–H groups in total. The number of rotatable bonds is 10. The Hall–Kier alpha value is -3.31. The minimum atomic E-state index is -0.713. The molecule has 3 aromatic carbocycles. The molecule has 0 bridgehead atoms. The third-order valence-electron chi connectivity index (χ3n) is 6.01. The Labute approximate surface area is 225 Å². The number of carbonyl (C=O) groups is 2. The number of nitrogens with one attached hydrogen (secondary N) is 1. The van der Waals surface area contributed by atoms with Gasteiger partial charge >= 0.3 is 0 Å². The van der Waals surface area contributed by atoms with Crippen molar-refractivity contribution in [2.45, 2.75) is 65.1 Å². The number of carbonyl (C=O) groups excluding carboxylic acids is 2. The number of hydrogen-bond acceptors (Lipinski definition) is 3. The number of amides is 2. The van der Waals surface area contributed by atoms with Crippen LogP contribution in [-0.2, 0) is 28.0 Å².